The summed E-state index contributed by atoms with van der Waals surface area (Å²) in [5.41, 5.74) is 3.62. The number of anilines is 2. The van der Waals surface area contributed by atoms with Crippen LogP contribution < -0.4 is 15.5 Å². The minimum absolute atomic E-state index is 0.0114. The fourth-order valence-corrected chi connectivity index (χ4v) is 5.06. The summed E-state index contributed by atoms with van der Waals surface area (Å²) >= 11 is 0. The summed E-state index contributed by atoms with van der Waals surface area (Å²) in [6.45, 7) is 4.38. The largest absolute Gasteiger partial charge is 0.368 e. The van der Waals surface area contributed by atoms with Gasteiger partial charge in [-0.3, -0.25) is 9.78 Å². The molecule has 3 aromatic rings. The topological polar surface area (TPSA) is 57.3 Å². The lowest BCUT2D eigenvalue weighted by Gasteiger charge is -2.28. The van der Waals surface area contributed by atoms with E-state index in [9.17, 15) is 13.6 Å². The summed E-state index contributed by atoms with van der Waals surface area (Å²) in [6.07, 6.45) is 6.26. The highest BCUT2D eigenvalue weighted by atomic mass is 19.1. The summed E-state index contributed by atoms with van der Waals surface area (Å²) in [7, 11) is 0. The Balaban J connectivity index is 1.60. The molecule has 1 unspecified atom stereocenters. The Bertz CT molecular complexity index is 1190. The van der Waals surface area contributed by atoms with Crippen LogP contribution in [-0.4, -0.2) is 36.1 Å². The van der Waals surface area contributed by atoms with Crippen molar-refractivity contribution in [2.45, 2.75) is 31.7 Å². The Hall–Kier alpha value is -3.32. The van der Waals surface area contributed by atoms with Gasteiger partial charge in [0.25, 0.3) is 5.91 Å². The van der Waals surface area contributed by atoms with Crippen LogP contribution in [0.25, 0.3) is 11.1 Å². The van der Waals surface area contributed by atoms with Crippen molar-refractivity contribution >= 4 is 17.3 Å². The molecule has 1 spiro atoms. The second-order valence-corrected chi connectivity index (χ2v) is 8.99. The first kappa shape index (κ1) is 21.5. The third-order valence-corrected chi connectivity index (χ3v) is 6.73. The molecule has 5 nitrogen and oxygen atoms in total. The zero-order valence-electron chi connectivity index (χ0n) is 18.5. The fraction of sp³-hybridized carbons (Fsp3) is 0.308. The summed E-state index contributed by atoms with van der Waals surface area (Å²) in [4.78, 5) is 19.9. The smallest absolute Gasteiger partial charge is 0.259 e. The summed E-state index contributed by atoms with van der Waals surface area (Å²) in [6, 6.07) is 11.0. The highest BCUT2D eigenvalue weighted by molar-refractivity contribution is 6.10. The molecule has 3 heterocycles. The zero-order chi connectivity index (χ0) is 23.0. The quantitative estimate of drug-likeness (QED) is 0.595. The molecule has 1 aromatic heterocycles. The van der Waals surface area contributed by atoms with Crippen molar-refractivity contribution in [1.29, 1.82) is 0 Å². The molecule has 2 aliphatic rings. The number of carbonyl (C=O) groups is 1. The molecule has 2 N–H and O–H groups in total. The van der Waals surface area contributed by atoms with Gasteiger partial charge in [0, 0.05) is 48.3 Å². The predicted molar refractivity (Wildman–Crippen MR) is 126 cm³/mol. The third kappa shape index (κ3) is 4.20. The minimum atomic E-state index is -0.666. The van der Waals surface area contributed by atoms with Crippen LogP contribution in [0.15, 0.2) is 54.9 Å². The third-order valence-electron chi connectivity index (χ3n) is 6.73. The average Bonchev–Trinajstić information content (AvgIpc) is 3.43. The van der Waals surface area contributed by atoms with Gasteiger partial charge in [0.2, 0.25) is 0 Å². The number of hydrogen-bond donors (Lipinski definition) is 2. The second kappa shape index (κ2) is 8.56. The SMILES string of the molecule is Cc1ccccc1NC(=O)c1cncc(-c2cc(F)cc(F)c2)c1N1CCC2(CCCN2)C1. The molecule has 170 valence electrons. The zero-order valence-corrected chi connectivity index (χ0v) is 18.5. The van der Waals surface area contributed by atoms with Gasteiger partial charge < -0.3 is 15.5 Å². The van der Waals surface area contributed by atoms with Crippen LogP contribution in [-0.2, 0) is 0 Å². The van der Waals surface area contributed by atoms with Crippen LogP contribution >= 0.6 is 0 Å². The van der Waals surface area contributed by atoms with Gasteiger partial charge in [-0.1, -0.05) is 18.2 Å². The standard InChI is InChI=1S/C26H26F2N4O/c1-17-5-2-3-6-23(17)31-25(33)22-15-29-14-21(18-11-19(27)13-20(28)12-18)24(22)32-10-8-26(16-32)7-4-9-30-26/h2-3,5-6,11-15,30H,4,7-10,16H2,1H3,(H,31,33). The van der Waals surface area contributed by atoms with Gasteiger partial charge in [-0.15, -0.1) is 0 Å². The number of nitrogens with zero attached hydrogens (tertiary/aromatic N) is 2. The lowest BCUT2D eigenvalue weighted by Crippen LogP contribution is -2.42. The number of benzene rings is 2. The molecule has 2 aliphatic heterocycles. The Morgan fingerprint density at radius 1 is 1.12 bits per heavy atom. The van der Waals surface area contributed by atoms with E-state index in [-0.39, 0.29) is 11.4 Å². The Morgan fingerprint density at radius 3 is 2.64 bits per heavy atom. The van der Waals surface area contributed by atoms with E-state index in [1.165, 1.54) is 18.3 Å². The fourth-order valence-electron chi connectivity index (χ4n) is 5.06. The maximum absolute atomic E-state index is 14.1. The van der Waals surface area contributed by atoms with Crippen LogP contribution in [0.3, 0.4) is 0 Å². The molecule has 0 saturated carbocycles. The van der Waals surface area contributed by atoms with Gasteiger partial charge >= 0.3 is 0 Å². The van der Waals surface area contributed by atoms with Crippen molar-refractivity contribution < 1.29 is 13.6 Å². The minimum Gasteiger partial charge on any atom is -0.368 e. The number of pyridine rings is 1. The first-order valence-electron chi connectivity index (χ1n) is 11.3. The van der Waals surface area contributed by atoms with Crippen LogP contribution in [0.4, 0.5) is 20.2 Å². The van der Waals surface area contributed by atoms with Gasteiger partial charge in [-0.05, 0) is 62.1 Å². The summed E-state index contributed by atoms with van der Waals surface area (Å²) < 4.78 is 28.2. The number of aryl methyl sites for hydroxylation is 1. The van der Waals surface area contributed by atoms with E-state index in [4.69, 9.17) is 0 Å². The van der Waals surface area contributed by atoms with Crippen LogP contribution in [0.2, 0.25) is 0 Å². The van der Waals surface area contributed by atoms with Crippen LogP contribution in [0.1, 0.15) is 35.2 Å². The molecule has 1 atom stereocenters. The maximum atomic E-state index is 14.1. The van der Waals surface area contributed by atoms with Gasteiger partial charge in [0.1, 0.15) is 11.6 Å². The monoisotopic (exact) mass is 448 g/mol. The summed E-state index contributed by atoms with van der Waals surface area (Å²) in [5.74, 6) is -1.63. The van der Waals surface area contributed by atoms with Gasteiger partial charge in [0.15, 0.2) is 0 Å². The van der Waals surface area contributed by atoms with Crippen molar-refractivity contribution in [3.05, 3.63) is 77.6 Å². The van der Waals surface area contributed by atoms with Crippen molar-refractivity contribution in [3.8, 4) is 11.1 Å². The average molecular weight is 449 g/mol. The highest BCUT2D eigenvalue weighted by Gasteiger charge is 2.41. The Kier molecular flexibility index (Phi) is 5.58. The number of para-hydroxylation sites is 1. The number of halogens is 2. The molecule has 1 amide bonds. The highest BCUT2D eigenvalue weighted by Crippen LogP contribution is 2.40. The number of amides is 1. The van der Waals surface area contributed by atoms with Gasteiger partial charge in [-0.25, -0.2) is 8.78 Å². The number of rotatable bonds is 4. The van der Waals surface area contributed by atoms with E-state index >= 15 is 0 Å². The molecule has 0 bridgehead atoms. The van der Waals surface area contributed by atoms with Crippen molar-refractivity contribution in [2.24, 2.45) is 0 Å². The molecule has 7 heteroatoms. The first-order valence-corrected chi connectivity index (χ1v) is 11.3. The lowest BCUT2D eigenvalue weighted by atomic mass is 9.96. The molecule has 0 radical (unpaired) electrons. The van der Waals surface area contributed by atoms with Crippen molar-refractivity contribution in [3.63, 3.8) is 0 Å². The second-order valence-electron chi connectivity index (χ2n) is 8.99. The van der Waals surface area contributed by atoms with Crippen molar-refractivity contribution in [2.75, 3.05) is 29.9 Å². The lowest BCUT2D eigenvalue weighted by molar-refractivity contribution is 0.102. The van der Waals surface area contributed by atoms with E-state index in [1.54, 1.807) is 6.20 Å². The molecule has 2 saturated heterocycles. The molecule has 33 heavy (non-hydrogen) atoms. The molecular weight excluding hydrogens is 422 g/mol. The summed E-state index contributed by atoms with van der Waals surface area (Å²) in [5, 5.41) is 6.61. The normalized spacial score (nSPS) is 19.9. The van der Waals surface area contributed by atoms with Gasteiger partial charge in [-0.2, -0.15) is 0 Å². The van der Waals surface area contributed by atoms with E-state index in [0.29, 0.717) is 28.1 Å². The molecule has 0 aliphatic carbocycles. The predicted octanol–water partition coefficient (Wildman–Crippen LogP) is 4.92. The number of carbonyl (C=O) groups excluding carboxylic acids is 1. The molecule has 2 fully saturated rings. The Labute approximate surface area is 191 Å². The van der Waals surface area contributed by atoms with Crippen LogP contribution in [0.5, 0.6) is 0 Å². The molecule has 2 aromatic carbocycles. The number of nitrogens with one attached hydrogen (secondary N) is 2. The number of aromatic nitrogens is 1. The molecular formula is C26H26F2N4O. The van der Waals surface area contributed by atoms with E-state index < -0.39 is 11.6 Å². The first-order chi connectivity index (χ1) is 15.9. The van der Waals surface area contributed by atoms with Gasteiger partial charge in [0.05, 0.1) is 11.3 Å². The maximum Gasteiger partial charge on any atom is 0.259 e. The Morgan fingerprint density at radius 2 is 1.91 bits per heavy atom. The van der Waals surface area contributed by atoms with E-state index in [1.807, 2.05) is 31.2 Å². The van der Waals surface area contributed by atoms with Crippen LogP contribution in [0, 0.1) is 18.6 Å². The van der Waals surface area contributed by atoms with E-state index in [2.05, 4.69) is 20.5 Å². The molecule has 5 rings (SSSR count). The number of hydrogen-bond acceptors (Lipinski definition) is 4. The van der Waals surface area contributed by atoms with Crippen molar-refractivity contribution in [1.82, 2.24) is 10.3 Å². The van der Waals surface area contributed by atoms with E-state index in [0.717, 1.165) is 50.5 Å².